The number of hydrogen-bond donors (Lipinski definition) is 1. The van der Waals surface area contributed by atoms with Gasteiger partial charge in [0.15, 0.2) is 5.82 Å². The minimum atomic E-state index is -4.05. The molecule has 0 bridgehead atoms. The first-order valence-electron chi connectivity index (χ1n) is 11.2. The number of nitro groups is 1. The van der Waals surface area contributed by atoms with E-state index < -0.39 is 60.7 Å². The number of sulfonamides is 1. The third-order valence-corrected chi connectivity index (χ3v) is 8.37. The summed E-state index contributed by atoms with van der Waals surface area (Å²) in [5.74, 6) is -3.64. The van der Waals surface area contributed by atoms with Gasteiger partial charge in [-0.1, -0.05) is 0 Å². The number of hydrogen-bond acceptors (Lipinski definition) is 7. The number of pyridine rings is 1. The molecule has 0 aliphatic carbocycles. The normalized spacial score (nSPS) is 16.8. The van der Waals surface area contributed by atoms with E-state index in [0.29, 0.717) is 0 Å². The van der Waals surface area contributed by atoms with Crippen LogP contribution < -0.4 is 10.3 Å². The molecule has 3 aromatic rings. The van der Waals surface area contributed by atoms with Crippen molar-refractivity contribution in [3.05, 3.63) is 74.1 Å². The van der Waals surface area contributed by atoms with Crippen LogP contribution in [0.3, 0.4) is 0 Å². The van der Waals surface area contributed by atoms with Crippen molar-refractivity contribution >= 4 is 38.3 Å². The van der Waals surface area contributed by atoms with Gasteiger partial charge in [0.1, 0.15) is 17.1 Å². The summed E-state index contributed by atoms with van der Waals surface area (Å²) in [5.41, 5.74) is -2.58. The summed E-state index contributed by atoms with van der Waals surface area (Å²) in [6, 6.07) is 4.49. The van der Waals surface area contributed by atoms with Gasteiger partial charge in [-0.05, 0) is 32.0 Å². The third-order valence-electron chi connectivity index (χ3n) is 6.34. The Balaban J connectivity index is 1.70. The Kier molecular flexibility index (Phi) is 6.73. The number of aromatic carboxylic acids is 1. The largest absolute Gasteiger partial charge is 0.477 e. The fourth-order valence-corrected chi connectivity index (χ4v) is 6.16. The number of aryl methyl sites for hydroxylation is 1. The third kappa shape index (κ3) is 4.42. The number of rotatable bonds is 6. The van der Waals surface area contributed by atoms with E-state index >= 15 is 8.78 Å². The van der Waals surface area contributed by atoms with Crippen LogP contribution in [0.5, 0.6) is 0 Å². The number of carbonyl (C=O) groups is 1. The van der Waals surface area contributed by atoms with Gasteiger partial charge in [-0.2, -0.15) is 4.31 Å². The quantitative estimate of drug-likeness (QED) is 0.374. The Morgan fingerprint density at radius 1 is 1.22 bits per heavy atom. The van der Waals surface area contributed by atoms with Gasteiger partial charge in [0, 0.05) is 50.6 Å². The van der Waals surface area contributed by atoms with Crippen LogP contribution in [-0.2, 0) is 16.6 Å². The maximum absolute atomic E-state index is 15.7. The number of carboxylic acid groups (broad SMARTS) is 1. The molecule has 0 radical (unpaired) electrons. The Hall–Kier alpha value is -3.91. The van der Waals surface area contributed by atoms with Gasteiger partial charge in [0.05, 0.1) is 20.7 Å². The van der Waals surface area contributed by atoms with Crippen LogP contribution in [0, 0.1) is 21.7 Å². The average Bonchev–Trinajstić information content (AvgIpc) is 2.84. The molecule has 1 unspecified atom stereocenters. The van der Waals surface area contributed by atoms with Crippen molar-refractivity contribution in [2.45, 2.75) is 31.3 Å². The van der Waals surface area contributed by atoms with Crippen LogP contribution in [0.2, 0.25) is 0 Å². The minimum Gasteiger partial charge on any atom is -0.477 e. The van der Waals surface area contributed by atoms with E-state index in [2.05, 4.69) is 0 Å². The lowest BCUT2D eigenvalue weighted by atomic mass is 10.1. The second-order valence-electron chi connectivity index (χ2n) is 8.54. The lowest BCUT2D eigenvalue weighted by Gasteiger charge is -2.40. The van der Waals surface area contributed by atoms with E-state index in [1.807, 2.05) is 0 Å². The number of nitrogens with zero attached hydrogens (tertiary/aromatic N) is 4. The molecule has 196 valence electrons. The number of halogens is 2. The van der Waals surface area contributed by atoms with E-state index in [-0.39, 0.29) is 42.3 Å². The van der Waals surface area contributed by atoms with Crippen LogP contribution in [0.25, 0.3) is 10.9 Å². The molecule has 2 aromatic carbocycles. The van der Waals surface area contributed by atoms with E-state index in [9.17, 15) is 33.2 Å². The molecule has 1 aliphatic heterocycles. The SMILES string of the molecule is CCn1cc(C(=O)O)c(=O)c2cc(F)c(N3CCN(S(=O)(=O)c4ccc([N+](=O)[O-])cc4)C(C)C3)c(F)c21. The highest BCUT2D eigenvalue weighted by Crippen LogP contribution is 2.33. The summed E-state index contributed by atoms with van der Waals surface area (Å²) in [6.45, 7) is 2.98. The predicted molar refractivity (Wildman–Crippen MR) is 129 cm³/mol. The zero-order chi connectivity index (χ0) is 27.2. The van der Waals surface area contributed by atoms with Crippen LogP contribution in [0.1, 0.15) is 24.2 Å². The summed E-state index contributed by atoms with van der Waals surface area (Å²) in [4.78, 5) is 35.4. The molecule has 4 rings (SSSR count). The first-order valence-corrected chi connectivity index (χ1v) is 12.6. The van der Waals surface area contributed by atoms with Gasteiger partial charge in [0.2, 0.25) is 15.5 Å². The van der Waals surface area contributed by atoms with Crippen molar-refractivity contribution in [1.82, 2.24) is 8.87 Å². The average molecular weight is 537 g/mol. The lowest BCUT2D eigenvalue weighted by Crippen LogP contribution is -2.54. The number of piperazine rings is 1. The molecule has 1 fully saturated rings. The van der Waals surface area contributed by atoms with E-state index in [0.717, 1.165) is 40.8 Å². The number of nitro benzene ring substituents is 1. The van der Waals surface area contributed by atoms with Crippen molar-refractivity contribution in [2.75, 3.05) is 24.5 Å². The number of carboxylic acids is 1. The Bertz CT molecular complexity index is 1590. The fourth-order valence-electron chi connectivity index (χ4n) is 4.54. The molecule has 1 atom stereocenters. The van der Waals surface area contributed by atoms with Gasteiger partial charge >= 0.3 is 5.97 Å². The van der Waals surface area contributed by atoms with Crippen molar-refractivity contribution in [1.29, 1.82) is 0 Å². The molecule has 0 saturated carbocycles. The molecule has 1 aromatic heterocycles. The number of fused-ring (bicyclic) bond motifs is 1. The molecule has 1 N–H and O–H groups in total. The van der Waals surface area contributed by atoms with Crippen LogP contribution in [-0.4, -0.2) is 59.0 Å². The summed E-state index contributed by atoms with van der Waals surface area (Å²) in [6.07, 6.45) is 1.01. The standard InChI is InChI=1S/C23H22F2N4O7S/c1-3-26-12-17(23(31)32)22(30)16-10-18(24)21(19(25)20(16)26)27-8-9-28(13(2)11-27)37(35,36)15-6-4-14(5-7-15)29(33)34/h4-7,10,12-13H,3,8-9,11H2,1-2H3,(H,31,32). The number of aromatic nitrogens is 1. The van der Waals surface area contributed by atoms with Crippen molar-refractivity contribution in [2.24, 2.45) is 0 Å². The molecule has 1 saturated heterocycles. The summed E-state index contributed by atoms with van der Waals surface area (Å²) < 4.78 is 59.6. The molecule has 11 nitrogen and oxygen atoms in total. The topological polar surface area (TPSA) is 143 Å². The highest BCUT2D eigenvalue weighted by Gasteiger charge is 2.36. The monoisotopic (exact) mass is 536 g/mol. The molecule has 0 spiro atoms. The van der Waals surface area contributed by atoms with Gasteiger partial charge in [0.25, 0.3) is 5.69 Å². The smallest absolute Gasteiger partial charge is 0.341 e. The minimum absolute atomic E-state index is 0.0839. The molecule has 0 amide bonds. The fraction of sp³-hybridized carbons (Fsp3) is 0.304. The number of anilines is 1. The molecular weight excluding hydrogens is 514 g/mol. The van der Waals surface area contributed by atoms with Gasteiger partial charge < -0.3 is 14.6 Å². The van der Waals surface area contributed by atoms with E-state index in [1.165, 1.54) is 9.47 Å². The molecule has 2 heterocycles. The maximum atomic E-state index is 15.7. The van der Waals surface area contributed by atoms with Crippen molar-refractivity contribution < 1.29 is 32.0 Å². The van der Waals surface area contributed by atoms with Crippen LogP contribution in [0.4, 0.5) is 20.2 Å². The van der Waals surface area contributed by atoms with E-state index in [4.69, 9.17) is 0 Å². The second-order valence-corrected chi connectivity index (χ2v) is 10.4. The molecule has 1 aliphatic rings. The summed E-state index contributed by atoms with van der Waals surface area (Å²) in [7, 11) is -4.05. The molecular formula is C23H22F2N4O7S. The highest BCUT2D eigenvalue weighted by atomic mass is 32.2. The first-order chi connectivity index (χ1) is 17.4. The molecule has 14 heteroatoms. The van der Waals surface area contributed by atoms with Gasteiger partial charge in [-0.15, -0.1) is 0 Å². The summed E-state index contributed by atoms with van der Waals surface area (Å²) >= 11 is 0. The second kappa shape index (κ2) is 9.52. The lowest BCUT2D eigenvalue weighted by molar-refractivity contribution is -0.384. The predicted octanol–water partition coefficient (Wildman–Crippen LogP) is 2.81. The number of non-ortho nitro benzene ring substituents is 1. The zero-order valence-corrected chi connectivity index (χ0v) is 20.5. The van der Waals surface area contributed by atoms with Crippen molar-refractivity contribution in [3.63, 3.8) is 0 Å². The zero-order valence-electron chi connectivity index (χ0n) is 19.7. The molecule has 37 heavy (non-hydrogen) atoms. The van der Waals surface area contributed by atoms with E-state index in [1.54, 1.807) is 13.8 Å². The van der Waals surface area contributed by atoms with Crippen LogP contribution in [0.15, 0.2) is 46.2 Å². The van der Waals surface area contributed by atoms with Crippen LogP contribution >= 0.6 is 0 Å². The Morgan fingerprint density at radius 3 is 2.41 bits per heavy atom. The van der Waals surface area contributed by atoms with Gasteiger partial charge in [-0.3, -0.25) is 14.9 Å². The maximum Gasteiger partial charge on any atom is 0.341 e. The number of benzene rings is 2. The highest BCUT2D eigenvalue weighted by molar-refractivity contribution is 7.89. The van der Waals surface area contributed by atoms with Gasteiger partial charge in [-0.25, -0.2) is 22.0 Å². The summed E-state index contributed by atoms with van der Waals surface area (Å²) in [5, 5.41) is 19.7. The first kappa shape index (κ1) is 26.2. The Labute approximate surface area is 209 Å². The van der Waals surface area contributed by atoms with Crippen molar-refractivity contribution in [3.8, 4) is 0 Å². The Morgan fingerprint density at radius 2 is 1.86 bits per heavy atom.